The Bertz CT molecular complexity index is 479. The predicted octanol–water partition coefficient (Wildman–Crippen LogP) is 3.40. The Hall–Kier alpha value is -1.32. The summed E-state index contributed by atoms with van der Waals surface area (Å²) in [5.74, 6) is 0.283. The number of phenolic OH excluding ortho intramolecular Hbond substituents is 1. The largest absolute Gasteiger partial charge is 0.508 e. The second-order valence-corrected chi connectivity index (χ2v) is 4.94. The summed E-state index contributed by atoms with van der Waals surface area (Å²) in [7, 11) is 0. The van der Waals surface area contributed by atoms with E-state index in [9.17, 15) is 5.11 Å². The summed E-state index contributed by atoms with van der Waals surface area (Å²) in [6, 6.07) is 15.2. The van der Waals surface area contributed by atoms with Crippen LogP contribution in [0, 0.1) is 0 Å². The summed E-state index contributed by atoms with van der Waals surface area (Å²) in [6.07, 6.45) is 0.766. The first kappa shape index (κ1) is 12.1. The first-order valence-electron chi connectivity index (χ1n) is 5.44. The number of phenols is 1. The van der Waals surface area contributed by atoms with Crippen LogP contribution in [-0.4, -0.2) is 5.11 Å². The maximum Gasteiger partial charge on any atom is 0.115 e. The summed E-state index contributed by atoms with van der Waals surface area (Å²) in [5, 5.41) is 9.20. The predicted molar refractivity (Wildman–Crippen MR) is 72.9 cm³/mol. The molecule has 3 heteroatoms. The molecule has 2 nitrogen and oxygen atoms in total. The van der Waals surface area contributed by atoms with E-state index in [1.54, 1.807) is 12.1 Å². The van der Waals surface area contributed by atoms with Crippen LogP contribution >= 0.6 is 15.9 Å². The van der Waals surface area contributed by atoms with Crippen molar-refractivity contribution in [3.05, 3.63) is 64.1 Å². The molecule has 0 radical (unpaired) electrons. The molecule has 0 heterocycles. The van der Waals surface area contributed by atoms with Crippen LogP contribution in [0.1, 0.15) is 17.2 Å². The van der Waals surface area contributed by atoms with Gasteiger partial charge >= 0.3 is 0 Å². The van der Waals surface area contributed by atoms with Crippen LogP contribution in [0.2, 0.25) is 0 Å². The van der Waals surface area contributed by atoms with Crippen molar-refractivity contribution in [1.29, 1.82) is 0 Å². The fraction of sp³-hybridized carbons (Fsp3) is 0.143. The minimum absolute atomic E-state index is 0.0207. The van der Waals surface area contributed by atoms with E-state index in [0.29, 0.717) is 0 Å². The molecule has 0 aliphatic heterocycles. The van der Waals surface area contributed by atoms with Gasteiger partial charge in [-0.1, -0.05) is 40.2 Å². The molecule has 2 rings (SSSR count). The van der Waals surface area contributed by atoms with E-state index in [0.717, 1.165) is 22.0 Å². The number of hydrogen-bond donors (Lipinski definition) is 2. The first-order valence-corrected chi connectivity index (χ1v) is 6.23. The van der Waals surface area contributed by atoms with Crippen LogP contribution in [0.5, 0.6) is 5.75 Å². The second kappa shape index (κ2) is 5.34. The average molecular weight is 292 g/mol. The van der Waals surface area contributed by atoms with Crippen molar-refractivity contribution >= 4 is 15.9 Å². The molecule has 1 unspecified atom stereocenters. The van der Waals surface area contributed by atoms with Crippen LogP contribution in [0.25, 0.3) is 0 Å². The molecule has 2 aromatic rings. The Morgan fingerprint density at radius 1 is 1.00 bits per heavy atom. The zero-order valence-corrected chi connectivity index (χ0v) is 10.9. The maximum atomic E-state index is 9.20. The van der Waals surface area contributed by atoms with Crippen molar-refractivity contribution in [2.24, 2.45) is 5.73 Å². The Morgan fingerprint density at radius 2 is 1.59 bits per heavy atom. The fourth-order valence-electron chi connectivity index (χ4n) is 1.71. The molecule has 3 N–H and O–H groups in total. The van der Waals surface area contributed by atoms with E-state index in [1.165, 1.54) is 0 Å². The van der Waals surface area contributed by atoms with Gasteiger partial charge in [-0.2, -0.15) is 0 Å². The van der Waals surface area contributed by atoms with Gasteiger partial charge in [0, 0.05) is 10.5 Å². The molecule has 1 atom stereocenters. The van der Waals surface area contributed by atoms with Crippen molar-refractivity contribution in [3.63, 3.8) is 0 Å². The zero-order valence-electron chi connectivity index (χ0n) is 9.31. The van der Waals surface area contributed by atoms with Crippen molar-refractivity contribution in [3.8, 4) is 5.75 Å². The molecular formula is C14H14BrNO. The van der Waals surface area contributed by atoms with Gasteiger partial charge in [-0.3, -0.25) is 0 Å². The summed E-state index contributed by atoms with van der Waals surface area (Å²) in [5.41, 5.74) is 8.37. The standard InChI is InChI=1S/C14H14BrNO/c15-12-5-3-11(4-6-12)14(16)9-10-1-7-13(17)8-2-10/h1-8,14,17H,9,16H2. The van der Waals surface area contributed by atoms with Gasteiger partial charge in [0.05, 0.1) is 0 Å². The molecule has 0 amide bonds. The third-order valence-corrected chi connectivity index (χ3v) is 3.22. The maximum absolute atomic E-state index is 9.20. The lowest BCUT2D eigenvalue weighted by atomic mass is 10.00. The second-order valence-electron chi connectivity index (χ2n) is 4.03. The molecule has 0 aromatic heterocycles. The van der Waals surface area contributed by atoms with Crippen molar-refractivity contribution < 1.29 is 5.11 Å². The summed E-state index contributed by atoms with van der Waals surface area (Å²) >= 11 is 3.40. The van der Waals surface area contributed by atoms with Crippen LogP contribution in [-0.2, 0) is 6.42 Å². The molecule has 88 valence electrons. The number of aromatic hydroxyl groups is 1. The summed E-state index contributed by atoms with van der Waals surface area (Å²) < 4.78 is 1.05. The van der Waals surface area contributed by atoms with Crippen LogP contribution in [0.3, 0.4) is 0 Å². The highest BCUT2D eigenvalue weighted by molar-refractivity contribution is 9.10. The fourth-order valence-corrected chi connectivity index (χ4v) is 1.98. The molecule has 0 saturated carbocycles. The molecule has 0 aliphatic carbocycles. The van der Waals surface area contributed by atoms with Gasteiger partial charge in [0.25, 0.3) is 0 Å². The Kier molecular flexibility index (Phi) is 3.82. The van der Waals surface area contributed by atoms with Gasteiger partial charge in [0.1, 0.15) is 5.75 Å². The lowest BCUT2D eigenvalue weighted by molar-refractivity contribution is 0.475. The van der Waals surface area contributed by atoms with E-state index in [4.69, 9.17) is 5.73 Å². The highest BCUT2D eigenvalue weighted by Gasteiger charge is 2.06. The highest BCUT2D eigenvalue weighted by Crippen LogP contribution is 2.19. The molecule has 0 bridgehead atoms. The van der Waals surface area contributed by atoms with Crippen LogP contribution < -0.4 is 5.73 Å². The van der Waals surface area contributed by atoms with Crippen molar-refractivity contribution in [2.45, 2.75) is 12.5 Å². The number of hydrogen-bond acceptors (Lipinski definition) is 2. The van der Waals surface area contributed by atoms with E-state index in [1.807, 2.05) is 36.4 Å². The molecule has 0 spiro atoms. The van der Waals surface area contributed by atoms with Gasteiger partial charge in [-0.25, -0.2) is 0 Å². The number of benzene rings is 2. The topological polar surface area (TPSA) is 46.2 Å². The van der Waals surface area contributed by atoms with E-state index < -0.39 is 0 Å². The molecule has 0 fully saturated rings. The average Bonchev–Trinajstić information content (AvgIpc) is 2.33. The van der Waals surface area contributed by atoms with E-state index >= 15 is 0 Å². The van der Waals surface area contributed by atoms with Gasteiger partial charge in [0.2, 0.25) is 0 Å². The van der Waals surface area contributed by atoms with Crippen molar-refractivity contribution in [2.75, 3.05) is 0 Å². The minimum atomic E-state index is -0.0207. The number of halogens is 1. The zero-order chi connectivity index (χ0) is 12.3. The van der Waals surface area contributed by atoms with Crippen LogP contribution in [0.15, 0.2) is 53.0 Å². The quantitative estimate of drug-likeness (QED) is 0.910. The van der Waals surface area contributed by atoms with Gasteiger partial charge in [0.15, 0.2) is 0 Å². The molecule has 2 aromatic carbocycles. The van der Waals surface area contributed by atoms with Crippen LogP contribution in [0.4, 0.5) is 0 Å². The monoisotopic (exact) mass is 291 g/mol. The Labute approximate surface area is 109 Å². The van der Waals surface area contributed by atoms with Gasteiger partial charge in [-0.15, -0.1) is 0 Å². The van der Waals surface area contributed by atoms with Gasteiger partial charge < -0.3 is 10.8 Å². The van der Waals surface area contributed by atoms with E-state index in [2.05, 4.69) is 15.9 Å². The normalized spacial score (nSPS) is 12.4. The summed E-state index contributed by atoms with van der Waals surface area (Å²) in [6.45, 7) is 0. The molecule has 17 heavy (non-hydrogen) atoms. The first-order chi connectivity index (χ1) is 8.15. The highest BCUT2D eigenvalue weighted by atomic mass is 79.9. The summed E-state index contributed by atoms with van der Waals surface area (Å²) in [4.78, 5) is 0. The smallest absolute Gasteiger partial charge is 0.115 e. The third kappa shape index (κ3) is 3.32. The molecule has 0 aliphatic rings. The van der Waals surface area contributed by atoms with E-state index in [-0.39, 0.29) is 11.8 Å². The lowest BCUT2D eigenvalue weighted by Gasteiger charge is -2.12. The van der Waals surface area contributed by atoms with Crippen molar-refractivity contribution in [1.82, 2.24) is 0 Å². The Balaban J connectivity index is 2.08. The Morgan fingerprint density at radius 3 is 2.18 bits per heavy atom. The SMILES string of the molecule is NC(Cc1ccc(O)cc1)c1ccc(Br)cc1. The molecular weight excluding hydrogens is 278 g/mol. The molecule has 0 saturated heterocycles. The number of rotatable bonds is 3. The van der Waals surface area contributed by atoms with Gasteiger partial charge in [-0.05, 0) is 41.8 Å². The third-order valence-electron chi connectivity index (χ3n) is 2.69. The lowest BCUT2D eigenvalue weighted by Crippen LogP contribution is -2.13. The minimum Gasteiger partial charge on any atom is -0.508 e. The number of nitrogens with two attached hydrogens (primary N) is 1.